The van der Waals surface area contributed by atoms with Gasteiger partial charge in [-0.3, -0.25) is 0 Å². The maximum absolute atomic E-state index is 4.97. The van der Waals surface area contributed by atoms with Crippen LogP contribution in [0.15, 0.2) is 6.07 Å². The Labute approximate surface area is 152 Å². The first kappa shape index (κ1) is 18.4. The molecule has 6 nitrogen and oxygen atoms in total. The van der Waals surface area contributed by atoms with Gasteiger partial charge in [-0.1, -0.05) is 13.8 Å². The summed E-state index contributed by atoms with van der Waals surface area (Å²) in [5.41, 5.74) is 1.15. The van der Waals surface area contributed by atoms with Gasteiger partial charge in [0.25, 0.3) is 0 Å². The van der Waals surface area contributed by atoms with Crippen molar-refractivity contribution < 1.29 is 0 Å². The lowest BCUT2D eigenvalue weighted by molar-refractivity contribution is 0.315. The van der Waals surface area contributed by atoms with Crippen molar-refractivity contribution in [2.75, 3.05) is 64.2 Å². The molecule has 0 amide bonds. The minimum atomic E-state index is 0.417. The number of nitrogens with zero attached hydrogens (tertiary/aromatic N) is 6. The largest absolute Gasteiger partial charge is 0.355 e. The van der Waals surface area contributed by atoms with Crippen LogP contribution in [-0.4, -0.2) is 86.2 Å². The van der Waals surface area contributed by atoms with E-state index >= 15 is 0 Å². The number of anilines is 2. The van der Waals surface area contributed by atoms with Gasteiger partial charge in [0.05, 0.1) is 5.69 Å². The van der Waals surface area contributed by atoms with E-state index in [1.807, 2.05) is 0 Å². The summed E-state index contributed by atoms with van der Waals surface area (Å²) in [7, 11) is 8.67. The van der Waals surface area contributed by atoms with Crippen molar-refractivity contribution in [3.05, 3.63) is 11.8 Å². The SMILES string of the molecule is CC(C)c1cc(N2CCC(N(C)C)C2)nc(N2CCC(N(C)C)C2)n1. The second kappa shape index (κ2) is 7.46. The lowest BCUT2D eigenvalue weighted by Crippen LogP contribution is -2.33. The molecule has 2 aliphatic heterocycles. The maximum atomic E-state index is 4.97. The minimum Gasteiger partial charge on any atom is -0.355 e. The second-order valence-corrected chi connectivity index (χ2v) is 8.31. The third-order valence-electron chi connectivity index (χ3n) is 5.71. The first-order chi connectivity index (χ1) is 11.8. The first-order valence-corrected chi connectivity index (χ1v) is 9.57. The molecular formula is C19H34N6. The summed E-state index contributed by atoms with van der Waals surface area (Å²) in [6.07, 6.45) is 2.39. The molecule has 2 atom stereocenters. The van der Waals surface area contributed by atoms with Crippen LogP contribution in [0.5, 0.6) is 0 Å². The van der Waals surface area contributed by atoms with Crippen molar-refractivity contribution in [2.24, 2.45) is 0 Å². The highest BCUT2D eigenvalue weighted by atomic mass is 15.3. The Bertz CT molecular complexity index is 541. The van der Waals surface area contributed by atoms with E-state index in [1.54, 1.807) is 0 Å². The zero-order chi connectivity index (χ0) is 18.1. The zero-order valence-electron chi connectivity index (χ0n) is 16.7. The Kier molecular flexibility index (Phi) is 5.49. The van der Waals surface area contributed by atoms with Crippen LogP contribution in [0.1, 0.15) is 38.3 Å². The number of hydrogen-bond donors (Lipinski definition) is 0. The van der Waals surface area contributed by atoms with Crippen molar-refractivity contribution in [3.8, 4) is 0 Å². The van der Waals surface area contributed by atoms with E-state index in [4.69, 9.17) is 9.97 Å². The van der Waals surface area contributed by atoms with Crippen molar-refractivity contribution in [2.45, 2.75) is 44.7 Å². The van der Waals surface area contributed by atoms with Crippen LogP contribution < -0.4 is 9.80 Å². The summed E-state index contributed by atoms with van der Waals surface area (Å²) in [5.74, 6) is 2.44. The van der Waals surface area contributed by atoms with Crippen molar-refractivity contribution in [3.63, 3.8) is 0 Å². The average molecular weight is 347 g/mol. The summed E-state index contributed by atoms with van der Waals surface area (Å²) in [4.78, 5) is 19.3. The van der Waals surface area contributed by atoms with Gasteiger partial charge in [-0.05, 0) is 47.0 Å². The monoisotopic (exact) mass is 346 g/mol. The highest BCUT2D eigenvalue weighted by Crippen LogP contribution is 2.27. The molecule has 2 saturated heterocycles. The molecule has 0 N–H and O–H groups in total. The van der Waals surface area contributed by atoms with Gasteiger partial charge in [-0.25, -0.2) is 4.98 Å². The third kappa shape index (κ3) is 4.06. The van der Waals surface area contributed by atoms with Crippen LogP contribution in [0.3, 0.4) is 0 Å². The molecule has 1 aromatic heterocycles. The molecule has 0 aliphatic carbocycles. The topological polar surface area (TPSA) is 38.7 Å². The van der Waals surface area contributed by atoms with E-state index in [0.717, 1.165) is 43.6 Å². The standard InChI is InChI=1S/C19H34N6/c1-14(2)17-11-18(24-9-7-15(12-24)22(3)4)21-19(20-17)25-10-8-16(13-25)23(5)6/h11,14-16H,7-10,12-13H2,1-6H3. The Hall–Kier alpha value is -1.40. The van der Waals surface area contributed by atoms with Crippen molar-refractivity contribution in [1.82, 2.24) is 19.8 Å². The Balaban J connectivity index is 1.83. The van der Waals surface area contributed by atoms with E-state index in [2.05, 4.69) is 67.7 Å². The lowest BCUT2D eigenvalue weighted by Gasteiger charge is -2.25. The molecule has 3 heterocycles. The van der Waals surface area contributed by atoms with Gasteiger partial charge >= 0.3 is 0 Å². The molecular weight excluding hydrogens is 312 g/mol. The van der Waals surface area contributed by atoms with Gasteiger partial charge in [0.2, 0.25) is 5.95 Å². The molecule has 6 heteroatoms. The molecule has 0 saturated carbocycles. The van der Waals surface area contributed by atoms with Crippen molar-refractivity contribution in [1.29, 1.82) is 0 Å². The van der Waals surface area contributed by atoms with E-state index in [1.165, 1.54) is 12.8 Å². The molecule has 0 aromatic carbocycles. The number of likely N-dealkylation sites (N-methyl/N-ethyl adjacent to an activating group) is 2. The Morgan fingerprint density at radius 2 is 1.48 bits per heavy atom. The predicted molar refractivity (Wildman–Crippen MR) is 105 cm³/mol. The second-order valence-electron chi connectivity index (χ2n) is 8.31. The molecule has 2 unspecified atom stereocenters. The molecule has 3 rings (SSSR count). The summed E-state index contributed by atoms with van der Waals surface area (Å²) in [6, 6.07) is 3.41. The van der Waals surface area contributed by atoms with Gasteiger partial charge < -0.3 is 19.6 Å². The van der Waals surface area contributed by atoms with Gasteiger partial charge in [-0.2, -0.15) is 4.98 Å². The summed E-state index contributed by atoms with van der Waals surface area (Å²) < 4.78 is 0. The minimum absolute atomic E-state index is 0.417. The van der Waals surface area contributed by atoms with E-state index in [0.29, 0.717) is 18.0 Å². The molecule has 25 heavy (non-hydrogen) atoms. The smallest absolute Gasteiger partial charge is 0.227 e. The van der Waals surface area contributed by atoms with Crippen molar-refractivity contribution >= 4 is 11.8 Å². The van der Waals surface area contributed by atoms with Gasteiger partial charge in [0.1, 0.15) is 5.82 Å². The molecule has 140 valence electrons. The van der Waals surface area contributed by atoms with Crippen LogP contribution in [-0.2, 0) is 0 Å². The zero-order valence-corrected chi connectivity index (χ0v) is 16.7. The predicted octanol–water partition coefficient (Wildman–Crippen LogP) is 1.88. The van der Waals surface area contributed by atoms with Crippen LogP contribution in [0.4, 0.5) is 11.8 Å². The average Bonchev–Trinajstić information content (AvgIpc) is 3.24. The normalized spacial score (nSPS) is 24.4. The summed E-state index contributed by atoms with van der Waals surface area (Å²) in [5, 5.41) is 0. The van der Waals surface area contributed by atoms with Gasteiger partial charge in [0, 0.05) is 44.3 Å². The molecule has 0 radical (unpaired) electrons. The quantitative estimate of drug-likeness (QED) is 0.811. The van der Waals surface area contributed by atoms with E-state index in [9.17, 15) is 0 Å². The van der Waals surface area contributed by atoms with Crippen LogP contribution in [0.2, 0.25) is 0 Å². The number of aromatic nitrogens is 2. The Morgan fingerprint density at radius 3 is 2.00 bits per heavy atom. The lowest BCUT2D eigenvalue weighted by atomic mass is 10.1. The first-order valence-electron chi connectivity index (χ1n) is 9.57. The van der Waals surface area contributed by atoms with Gasteiger partial charge in [0.15, 0.2) is 0 Å². The van der Waals surface area contributed by atoms with E-state index in [-0.39, 0.29) is 0 Å². The van der Waals surface area contributed by atoms with Crippen LogP contribution >= 0.6 is 0 Å². The fraction of sp³-hybridized carbons (Fsp3) is 0.789. The summed E-state index contributed by atoms with van der Waals surface area (Å²) in [6.45, 7) is 8.64. The Morgan fingerprint density at radius 1 is 0.920 bits per heavy atom. The highest BCUT2D eigenvalue weighted by Gasteiger charge is 2.29. The summed E-state index contributed by atoms with van der Waals surface area (Å²) >= 11 is 0. The molecule has 0 bridgehead atoms. The molecule has 1 aromatic rings. The van der Waals surface area contributed by atoms with Crippen LogP contribution in [0, 0.1) is 0 Å². The number of rotatable bonds is 5. The van der Waals surface area contributed by atoms with Crippen LogP contribution in [0.25, 0.3) is 0 Å². The van der Waals surface area contributed by atoms with E-state index < -0.39 is 0 Å². The fourth-order valence-corrected chi connectivity index (χ4v) is 3.76. The third-order valence-corrected chi connectivity index (χ3v) is 5.71. The highest BCUT2D eigenvalue weighted by molar-refractivity contribution is 5.48. The molecule has 0 spiro atoms. The fourth-order valence-electron chi connectivity index (χ4n) is 3.76. The molecule has 2 fully saturated rings. The molecule has 2 aliphatic rings. The van der Waals surface area contributed by atoms with Gasteiger partial charge in [-0.15, -0.1) is 0 Å². The maximum Gasteiger partial charge on any atom is 0.227 e. The number of hydrogen-bond acceptors (Lipinski definition) is 6.